The van der Waals surface area contributed by atoms with Crippen LogP contribution in [-0.2, 0) is 0 Å². The van der Waals surface area contributed by atoms with E-state index in [1.165, 1.54) is 4.90 Å². The van der Waals surface area contributed by atoms with E-state index >= 15 is 0 Å². The van der Waals surface area contributed by atoms with E-state index in [-0.39, 0.29) is 70.8 Å². The number of anilines is 3. The maximum atomic E-state index is 9.27. The minimum absolute atomic E-state index is 0.125. The predicted octanol–water partition coefficient (Wildman–Crippen LogP) is 13.0. The molecule has 47 heavy (non-hydrogen) atoms. The van der Waals surface area contributed by atoms with E-state index in [4.69, 9.17) is 5.48 Å². The largest absolute Gasteiger partial charge is 0.311 e. The summed E-state index contributed by atoms with van der Waals surface area (Å²) < 4.78 is 73.4. The van der Waals surface area contributed by atoms with E-state index in [9.17, 15) is 5.48 Å². The molecule has 0 saturated heterocycles. The first-order valence-electron chi connectivity index (χ1n) is 19.5. The van der Waals surface area contributed by atoms with Gasteiger partial charge in [0.2, 0.25) is 0 Å². The van der Waals surface area contributed by atoms with Crippen LogP contribution >= 0.6 is 0 Å². The third kappa shape index (κ3) is 5.83. The number of benzene rings is 8. The fourth-order valence-electron chi connectivity index (χ4n) is 5.85. The number of fused-ring (bicyclic) bond motifs is 1. The van der Waals surface area contributed by atoms with E-state index in [0.29, 0.717) is 16.8 Å². The maximum Gasteiger partial charge on any atom is 0.0645 e. The fraction of sp³-hybridized carbons (Fsp3) is 0. The molecular formula is C46H33N. The van der Waals surface area contributed by atoms with Gasteiger partial charge >= 0.3 is 0 Å². The van der Waals surface area contributed by atoms with Crippen LogP contribution in [0.15, 0.2) is 200 Å². The third-order valence-corrected chi connectivity index (χ3v) is 8.22. The zero-order valence-corrected chi connectivity index (χ0v) is 25.4. The molecule has 1 nitrogen and oxygen atoms in total. The Morgan fingerprint density at radius 3 is 1.40 bits per heavy atom. The van der Waals surface area contributed by atoms with Gasteiger partial charge in [-0.15, -0.1) is 0 Å². The Hall–Kier alpha value is -6.18. The molecule has 0 amide bonds. The van der Waals surface area contributed by atoms with Crippen molar-refractivity contribution in [3.8, 4) is 44.5 Å². The van der Waals surface area contributed by atoms with Gasteiger partial charge < -0.3 is 4.90 Å². The summed E-state index contributed by atoms with van der Waals surface area (Å²) in [6.07, 6.45) is 0. The molecule has 0 aromatic heterocycles. The Kier molecular flexibility index (Phi) is 5.60. The highest BCUT2D eigenvalue weighted by atomic mass is 15.1. The number of hydrogen-bond acceptors (Lipinski definition) is 1. The summed E-state index contributed by atoms with van der Waals surface area (Å²) in [6, 6.07) is 44.8. The van der Waals surface area contributed by atoms with E-state index in [2.05, 4.69) is 36.4 Å². The van der Waals surface area contributed by atoms with Gasteiger partial charge in [-0.3, -0.25) is 0 Å². The maximum absolute atomic E-state index is 9.27. The molecule has 0 radical (unpaired) electrons. The van der Waals surface area contributed by atoms with Crippen LogP contribution in [0.3, 0.4) is 0 Å². The van der Waals surface area contributed by atoms with Gasteiger partial charge in [0, 0.05) is 17.1 Å². The molecule has 222 valence electrons. The zero-order chi connectivity index (χ0) is 38.4. The van der Waals surface area contributed by atoms with Gasteiger partial charge in [0.15, 0.2) is 0 Å². The summed E-state index contributed by atoms with van der Waals surface area (Å²) in [5, 5.41) is 2.29. The second kappa shape index (κ2) is 12.7. The van der Waals surface area contributed by atoms with Crippen molar-refractivity contribution >= 4 is 27.8 Å². The van der Waals surface area contributed by atoms with Crippen LogP contribution in [0.4, 0.5) is 17.1 Å². The van der Waals surface area contributed by atoms with Crippen molar-refractivity contribution in [2.45, 2.75) is 0 Å². The molecular weight excluding hydrogens is 567 g/mol. The van der Waals surface area contributed by atoms with Gasteiger partial charge in [0.05, 0.1) is 11.0 Å². The van der Waals surface area contributed by atoms with Crippen molar-refractivity contribution in [2.24, 2.45) is 0 Å². The molecule has 0 heterocycles. The van der Waals surface area contributed by atoms with E-state index < -0.39 is 0 Å². The summed E-state index contributed by atoms with van der Waals surface area (Å²) in [5.74, 6) is 0. The summed E-state index contributed by atoms with van der Waals surface area (Å²) in [5.41, 5.74) is 5.21. The molecule has 8 rings (SSSR count). The average molecular weight is 608 g/mol. The first-order valence-corrected chi connectivity index (χ1v) is 15.5. The van der Waals surface area contributed by atoms with Gasteiger partial charge in [-0.25, -0.2) is 0 Å². The van der Waals surface area contributed by atoms with Crippen LogP contribution in [0.2, 0.25) is 0 Å². The minimum Gasteiger partial charge on any atom is -0.311 e. The van der Waals surface area contributed by atoms with Gasteiger partial charge in [-0.1, -0.05) is 158 Å². The Labute approximate surface area is 287 Å². The molecule has 0 saturated carbocycles. The third-order valence-electron chi connectivity index (χ3n) is 8.22. The molecule has 0 bridgehead atoms. The van der Waals surface area contributed by atoms with Crippen LogP contribution in [0.1, 0.15) is 11.0 Å². The van der Waals surface area contributed by atoms with Gasteiger partial charge in [0.1, 0.15) is 0 Å². The number of hydrogen-bond donors (Lipinski definition) is 0. The van der Waals surface area contributed by atoms with Crippen molar-refractivity contribution in [2.75, 3.05) is 4.90 Å². The molecule has 0 unspecified atom stereocenters. The van der Waals surface area contributed by atoms with Gasteiger partial charge in [-0.2, -0.15) is 0 Å². The first-order chi connectivity index (χ1) is 26.7. The quantitative estimate of drug-likeness (QED) is 0.174. The standard InChI is InChI=1S/C46H33N/c1-3-11-34(12-4-1)36-21-27-42(28-22-36)47(43-29-23-37(24-30-43)35-13-5-2-6-14-35)44-31-25-38(26-32-44)40-17-9-18-41(33-40)46-20-10-16-39-15-7-8-19-45(39)46/h1-33H/i21D,22D,23D,24D,27D,28D,29D,30D. The van der Waals surface area contributed by atoms with Gasteiger partial charge in [-0.05, 0) is 97.6 Å². The number of rotatable bonds is 7. The Bertz CT molecular complexity index is 2560. The van der Waals surface area contributed by atoms with Gasteiger partial charge in [0.25, 0.3) is 0 Å². The van der Waals surface area contributed by atoms with Crippen LogP contribution in [0.5, 0.6) is 0 Å². The summed E-state index contributed by atoms with van der Waals surface area (Å²) in [6.45, 7) is 0. The lowest BCUT2D eigenvalue weighted by molar-refractivity contribution is 1.28. The lowest BCUT2D eigenvalue weighted by atomic mass is 9.95. The van der Waals surface area contributed by atoms with Crippen LogP contribution in [-0.4, -0.2) is 0 Å². The van der Waals surface area contributed by atoms with Crippen molar-refractivity contribution < 1.29 is 11.0 Å². The molecule has 0 aliphatic heterocycles. The molecule has 0 spiro atoms. The van der Waals surface area contributed by atoms with E-state index in [1.54, 1.807) is 72.8 Å². The molecule has 0 atom stereocenters. The first kappa shape index (κ1) is 20.8. The Morgan fingerprint density at radius 2 is 0.787 bits per heavy atom. The predicted molar refractivity (Wildman–Crippen MR) is 200 cm³/mol. The summed E-state index contributed by atoms with van der Waals surface area (Å²) in [4.78, 5) is 1.33. The monoisotopic (exact) mass is 607 g/mol. The van der Waals surface area contributed by atoms with E-state index in [0.717, 1.165) is 33.0 Å². The lowest BCUT2D eigenvalue weighted by Gasteiger charge is -2.26. The normalized spacial score (nSPS) is 13.4. The van der Waals surface area contributed by atoms with Crippen molar-refractivity contribution in [3.63, 3.8) is 0 Å². The fourth-order valence-corrected chi connectivity index (χ4v) is 5.85. The topological polar surface area (TPSA) is 3.24 Å². The molecule has 1 heteroatoms. The smallest absolute Gasteiger partial charge is 0.0645 e. The van der Waals surface area contributed by atoms with Crippen molar-refractivity contribution in [3.05, 3.63) is 200 Å². The Morgan fingerprint density at radius 1 is 0.319 bits per heavy atom. The SMILES string of the molecule is [2H]c1c([2H])c(N(c2ccc(-c3cccc(-c4cccc5ccccc45)c3)cc2)c2c([2H])c([2H])c(-c3ccccc3)c([2H])c2[2H])c([2H])c([2H])c1-c1ccccc1. The molecule has 0 aliphatic carbocycles. The average Bonchev–Trinajstić information content (AvgIpc) is 3.22. The molecule has 8 aromatic carbocycles. The highest BCUT2D eigenvalue weighted by Crippen LogP contribution is 2.38. The highest BCUT2D eigenvalue weighted by Gasteiger charge is 2.14. The zero-order valence-electron chi connectivity index (χ0n) is 33.4. The van der Waals surface area contributed by atoms with Crippen LogP contribution in [0, 0.1) is 0 Å². The van der Waals surface area contributed by atoms with E-state index in [1.807, 2.05) is 42.5 Å². The van der Waals surface area contributed by atoms with Crippen molar-refractivity contribution in [1.29, 1.82) is 0 Å². The molecule has 0 N–H and O–H groups in total. The highest BCUT2D eigenvalue weighted by molar-refractivity contribution is 5.97. The lowest BCUT2D eigenvalue weighted by Crippen LogP contribution is -2.09. The van der Waals surface area contributed by atoms with Crippen LogP contribution in [0.25, 0.3) is 55.3 Å². The van der Waals surface area contributed by atoms with Crippen LogP contribution < -0.4 is 4.90 Å². The second-order valence-electron chi connectivity index (χ2n) is 11.2. The molecule has 0 aliphatic rings. The second-order valence-corrected chi connectivity index (χ2v) is 11.2. The number of nitrogens with zero attached hydrogens (tertiary/aromatic N) is 1. The van der Waals surface area contributed by atoms with Crippen molar-refractivity contribution in [1.82, 2.24) is 0 Å². The molecule has 0 fully saturated rings. The summed E-state index contributed by atoms with van der Waals surface area (Å²) in [7, 11) is 0. The molecule has 8 aromatic rings. The minimum atomic E-state index is -0.379. The summed E-state index contributed by atoms with van der Waals surface area (Å²) >= 11 is 0. The Balaban J connectivity index is 1.31.